The monoisotopic (exact) mass is 562 g/mol. The molecule has 0 spiro atoms. The van der Waals surface area contributed by atoms with Crippen LogP contribution < -0.4 is 9.64 Å². The number of carbonyl (C=O) groups is 1. The Kier molecular flexibility index (Phi) is 6.85. The van der Waals surface area contributed by atoms with Crippen molar-refractivity contribution in [1.82, 2.24) is 15.0 Å². The van der Waals surface area contributed by atoms with Gasteiger partial charge in [-0.1, -0.05) is 29.4 Å². The molecule has 42 heavy (non-hydrogen) atoms. The molecule has 2 bridgehead atoms. The van der Waals surface area contributed by atoms with E-state index < -0.39 is 0 Å². The highest BCUT2D eigenvalue weighted by Gasteiger charge is 2.40. The number of hydrogen-bond acceptors (Lipinski definition) is 7. The van der Waals surface area contributed by atoms with E-state index in [0.717, 1.165) is 59.4 Å². The average Bonchev–Trinajstić information content (AvgIpc) is 3.52. The predicted octanol–water partition coefficient (Wildman–Crippen LogP) is 7.27. The molecule has 7 heteroatoms. The maximum Gasteiger partial charge on any atom is 0.223 e. The molecule has 4 aromatic rings. The van der Waals surface area contributed by atoms with Crippen LogP contribution in [0.15, 0.2) is 53.1 Å². The first-order valence-corrected chi connectivity index (χ1v) is 15.1. The van der Waals surface area contributed by atoms with Crippen LogP contribution in [0.4, 0.5) is 11.4 Å². The van der Waals surface area contributed by atoms with Gasteiger partial charge in [0.05, 0.1) is 7.11 Å². The van der Waals surface area contributed by atoms with E-state index in [1.807, 2.05) is 25.3 Å². The number of fused-ring (bicyclic) bond motifs is 3. The highest BCUT2D eigenvalue weighted by molar-refractivity contribution is 5.90. The van der Waals surface area contributed by atoms with Crippen molar-refractivity contribution in [2.24, 2.45) is 0 Å². The third kappa shape index (κ3) is 4.60. The molecule has 4 heterocycles. The highest BCUT2D eigenvalue weighted by Crippen LogP contribution is 2.48. The van der Waals surface area contributed by atoms with Gasteiger partial charge in [-0.15, -0.1) is 0 Å². The van der Waals surface area contributed by atoms with Crippen LogP contribution in [0.25, 0.3) is 22.5 Å². The van der Waals surface area contributed by atoms with Crippen LogP contribution >= 0.6 is 0 Å². The molecular weight excluding hydrogens is 524 g/mol. The summed E-state index contributed by atoms with van der Waals surface area (Å²) in [6, 6.07) is 18.4. The lowest BCUT2D eigenvalue weighted by Crippen LogP contribution is -2.39. The standard InChI is InChI=1S/C35H38N4O3/c1-21-14-25(35-36-22(2)42-37-35)8-12-29(21)30-11-7-23(20-40)15-33(30)39-13-5-6-24-18-34(41-4)31(19-32(24)39)26-16-27-9-10-28(17-26)38(27)3/h7-8,11-12,14-15,18-20,26-28H,5-6,9-10,13,16-17H2,1-4H3. The lowest BCUT2D eigenvalue weighted by atomic mass is 9.83. The molecule has 0 N–H and O–H groups in total. The second-order valence-corrected chi connectivity index (χ2v) is 12.3. The zero-order valence-electron chi connectivity index (χ0n) is 24.9. The van der Waals surface area contributed by atoms with Gasteiger partial charge in [0.15, 0.2) is 0 Å². The van der Waals surface area contributed by atoms with Gasteiger partial charge in [0.1, 0.15) is 12.0 Å². The first-order valence-electron chi connectivity index (χ1n) is 15.1. The number of nitrogens with zero attached hydrogens (tertiary/aromatic N) is 4. The SMILES string of the molecule is COc1cc2c(cc1C1CC3CCC(C1)N3C)N(c1cc(C=O)ccc1-c1ccc(-c3noc(C)n3)cc1C)CCC2. The van der Waals surface area contributed by atoms with Crippen molar-refractivity contribution in [1.29, 1.82) is 0 Å². The summed E-state index contributed by atoms with van der Waals surface area (Å²) in [4.78, 5) is 21.4. The molecule has 2 unspecified atom stereocenters. The minimum absolute atomic E-state index is 0.493. The van der Waals surface area contributed by atoms with Crippen LogP contribution in [-0.4, -0.2) is 54.1 Å². The van der Waals surface area contributed by atoms with Gasteiger partial charge in [-0.25, -0.2) is 0 Å². The third-order valence-corrected chi connectivity index (χ3v) is 9.84. The van der Waals surface area contributed by atoms with Gasteiger partial charge in [0, 0.05) is 53.6 Å². The molecule has 0 radical (unpaired) electrons. The van der Waals surface area contributed by atoms with E-state index >= 15 is 0 Å². The molecule has 1 aromatic heterocycles. The number of aromatic nitrogens is 2. The first-order chi connectivity index (χ1) is 20.4. The van der Waals surface area contributed by atoms with Crippen molar-refractivity contribution >= 4 is 17.7 Å². The number of ether oxygens (including phenoxy) is 1. The molecule has 3 aliphatic rings. The average molecular weight is 563 g/mol. The molecule has 7 rings (SSSR count). The van der Waals surface area contributed by atoms with Crippen LogP contribution in [-0.2, 0) is 6.42 Å². The normalized spacial score (nSPS) is 21.8. The number of carbonyl (C=O) groups excluding carboxylic acids is 1. The second-order valence-electron chi connectivity index (χ2n) is 12.3. The Balaban J connectivity index is 1.32. The van der Waals surface area contributed by atoms with E-state index in [1.54, 1.807) is 6.92 Å². The fourth-order valence-electron chi connectivity index (χ4n) is 7.63. The summed E-state index contributed by atoms with van der Waals surface area (Å²) in [5.74, 6) is 2.65. The topological polar surface area (TPSA) is 71.7 Å². The molecule has 2 atom stereocenters. The van der Waals surface area contributed by atoms with Crippen molar-refractivity contribution in [2.45, 2.75) is 70.4 Å². The molecule has 2 fully saturated rings. The van der Waals surface area contributed by atoms with Crippen molar-refractivity contribution < 1.29 is 14.1 Å². The smallest absolute Gasteiger partial charge is 0.223 e. The summed E-state index contributed by atoms with van der Waals surface area (Å²) in [6.07, 6.45) is 7.95. The molecule has 7 nitrogen and oxygen atoms in total. The van der Waals surface area contributed by atoms with Gasteiger partial charge in [-0.3, -0.25) is 4.79 Å². The van der Waals surface area contributed by atoms with E-state index in [2.05, 4.69) is 64.2 Å². The number of anilines is 2. The van der Waals surface area contributed by atoms with Gasteiger partial charge < -0.3 is 19.1 Å². The zero-order chi connectivity index (χ0) is 29.0. The number of methoxy groups -OCH3 is 1. The van der Waals surface area contributed by atoms with Crippen LogP contribution in [0.2, 0.25) is 0 Å². The summed E-state index contributed by atoms with van der Waals surface area (Å²) >= 11 is 0. The number of aldehydes is 1. The van der Waals surface area contributed by atoms with E-state index in [-0.39, 0.29) is 0 Å². The van der Waals surface area contributed by atoms with Crippen LogP contribution in [0, 0.1) is 13.8 Å². The second kappa shape index (κ2) is 10.7. The molecular formula is C35H38N4O3. The predicted molar refractivity (Wildman–Crippen MR) is 165 cm³/mol. The maximum atomic E-state index is 12.0. The van der Waals surface area contributed by atoms with Gasteiger partial charge in [-0.2, -0.15) is 4.98 Å². The lowest BCUT2D eigenvalue weighted by Gasteiger charge is -2.38. The summed E-state index contributed by atoms with van der Waals surface area (Å²) in [7, 11) is 4.10. The summed E-state index contributed by atoms with van der Waals surface area (Å²) in [6.45, 7) is 4.81. The highest BCUT2D eigenvalue weighted by atomic mass is 16.5. The number of piperidine rings is 1. The Labute approximate surface area is 247 Å². The van der Waals surface area contributed by atoms with Crippen LogP contribution in [0.3, 0.4) is 0 Å². The minimum atomic E-state index is 0.493. The molecule has 0 saturated carbocycles. The molecule has 3 aromatic carbocycles. The van der Waals surface area contributed by atoms with Crippen molar-refractivity contribution in [2.75, 3.05) is 25.6 Å². The quantitative estimate of drug-likeness (QED) is 0.229. The Morgan fingerprint density at radius 2 is 1.76 bits per heavy atom. The molecule has 0 aliphatic carbocycles. The van der Waals surface area contributed by atoms with Crippen molar-refractivity contribution in [3.63, 3.8) is 0 Å². The van der Waals surface area contributed by atoms with Crippen LogP contribution in [0.5, 0.6) is 5.75 Å². The fourth-order valence-corrected chi connectivity index (χ4v) is 7.63. The van der Waals surface area contributed by atoms with Crippen LogP contribution in [0.1, 0.15) is 71.0 Å². The maximum absolute atomic E-state index is 12.0. The molecule has 3 aliphatic heterocycles. The zero-order valence-corrected chi connectivity index (χ0v) is 24.9. The van der Waals surface area contributed by atoms with Crippen molar-refractivity contribution in [3.8, 4) is 28.3 Å². The minimum Gasteiger partial charge on any atom is -0.496 e. The largest absolute Gasteiger partial charge is 0.496 e. The summed E-state index contributed by atoms with van der Waals surface area (Å²) in [5, 5.41) is 4.10. The number of benzene rings is 3. The van der Waals surface area contributed by atoms with E-state index in [0.29, 0.717) is 35.3 Å². The first kappa shape index (κ1) is 26.9. The van der Waals surface area contributed by atoms with Crippen molar-refractivity contribution in [3.05, 3.63) is 76.7 Å². The summed E-state index contributed by atoms with van der Waals surface area (Å²) < 4.78 is 11.2. The molecule has 0 amide bonds. The van der Waals surface area contributed by atoms with E-state index in [1.165, 1.54) is 42.5 Å². The Hall–Kier alpha value is -3.97. The van der Waals surface area contributed by atoms with Gasteiger partial charge in [0.2, 0.25) is 11.7 Å². The third-order valence-electron chi connectivity index (χ3n) is 9.84. The van der Waals surface area contributed by atoms with Gasteiger partial charge in [0.25, 0.3) is 0 Å². The fraction of sp³-hybridized carbons (Fsp3) is 0.400. The Morgan fingerprint density at radius 3 is 2.45 bits per heavy atom. The van der Waals surface area contributed by atoms with E-state index in [9.17, 15) is 4.79 Å². The van der Waals surface area contributed by atoms with Gasteiger partial charge in [-0.05, 0) is 105 Å². The molecule has 216 valence electrons. The number of rotatable bonds is 6. The van der Waals surface area contributed by atoms with E-state index in [4.69, 9.17) is 9.26 Å². The Bertz CT molecular complexity index is 1650. The summed E-state index contributed by atoms with van der Waals surface area (Å²) in [5.41, 5.74) is 9.89. The molecule has 2 saturated heterocycles. The lowest BCUT2D eigenvalue weighted by molar-refractivity contribution is 0.112. The number of aryl methyl sites for hydroxylation is 3. The Morgan fingerprint density at radius 1 is 0.976 bits per heavy atom. The van der Waals surface area contributed by atoms with Gasteiger partial charge >= 0.3 is 0 Å². The number of hydrogen-bond donors (Lipinski definition) is 0.